The minimum Gasteiger partial charge on any atom is -0.493 e. The van der Waals surface area contributed by atoms with Gasteiger partial charge in [0.1, 0.15) is 6.10 Å². The summed E-state index contributed by atoms with van der Waals surface area (Å²) in [5.41, 5.74) is -0.0632. The second-order valence-electron chi connectivity index (χ2n) is 6.42. The number of rotatable bonds is 6. The molecule has 0 spiro atoms. The van der Waals surface area contributed by atoms with Gasteiger partial charge in [-0.15, -0.1) is 0 Å². The van der Waals surface area contributed by atoms with Crippen LogP contribution in [0.2, 0.25) is 0 Å². The van der Waals surface area contributed by atoms with E-state index in [4.69, 9.17) is 14.2 Å². The number of piperidine rings is 1. The van der Waals surface area contributed by atoms with E-state index in [1.807, 2.05) is 24.3 Å². The molecule has 122 valence electrons. The van der Waals surface area contributed by atoms with Crippen LogP contribution >= 0.6 is 0 Å². The van der Waals surface area contributed by atoms with Gasteiger partial charge in [-0.25, -0.2) is 0 Å². The van der Waals surface area contributed by atoms with Crippen molar-refractivity contribution in [3.8, 4) is 11.5 Å². The Bertz CT molecular complexity index is 484. The second-order valence-corrected chi connectivity index (χ2v) is 6.42. The van der Waals surface area contributed by atoms with E-state index in [0.29, 0.717) is 13.2 Å². The minimum absolute atomic E-state index is 0.0632. The highest BCUT2D eigenvalue weighted by Gasteiger charge is 2.40. The molecule has 3 rings (SSSR count). The van der Waals surface area contributed by atoms with E-state index in [9.17, 15) is 5.11 Å². The molecule has 5 nitrogen and oxygen atoms in total. The number of ether oxygens (including phenoxy) is 3. The number of methoxy groups -OCH3 is 1. The Morgan fingerprint density at radius 1 is 1.32 bits per heavy atom. The smallest absolute Gasteiger partial charge is 0.161 e. The van der Waals surface area contributed by atoms with Crippen molar-refractivity contribution in [2.45, 2.75) is 18.9 Å². The van der Waals surface area contributed by atoms with Gasteiger partial charge in [0.2, 0.25) is 0 Å². The summed E-state index contributed by atoms with van der Waals surface area (Å²) >= 11 is 0. The fraction of sp³-hybridized carbons (Fsp3) is 0.647. The molecule has 0 radical (unpaired) electrons. The lowest BCUT2D eigenvalue weighted by Crippen LogP contribution is -2.55. The molecule has 22 heavy (non-hydrogen) atoms. The van der Waals surface area contributed by atoms with Crippen LogP contribution < -0.4 is 9.47 Å². The molecule has 1 atom stereocenters. The Balaban J connectivity index is 1.58. The highest BCUT2D eigenvalue weighted by molar-refractivity contribution is 5.39. The first-order valence-electron chi connectivity index (χ1n) is 7.95. The van der Waals surface area contributed by atoms with Gasteiger partial charge in [-0.05, 0) is 31.5 Å². The molecule has 0 amide bonds. The third kappa shape index (κ3) is 3.37. The zero-order chi connectivity index (χ0) is 15.4. The highest BCUT2D eigenvalue weighted by atomic mass is 16.5. The second kappa shape index (κ2) is 6.86. The number of para-hydroxylation sites is 2. The Labute approximate surface area is 131 Å². The largest absolute Gasteiger partial charge is 0.493 e. The summed E-state index contributed by atoms with van der Waals surface area (Å²) in [6.07, 6.45) is 2.33. The van der Waals surface area contributed by atoms with Crippen molar-refractivity contribution in [1.29, 1.82) is 0 Å². The van der Waals surface area contributed by atoms with Crippen LogP contribution in [0.25, 0.3) is 0 Å². The molecule has 0 saturated carbocycles. The van der Waals surface area contributed by atoms with Crippen molar-refractivity contribution in [1.82, 2.24) is 4.90 Å². The first-order chi connectivity index (χ1) is 10.7. The van der Waals surface area contributed by atoms with E-state index >= 15 is 0 Å². The Morgan fingerprint density at radius 2 is 2.09 bits per heavy atom. The summed E-state index contributed by atoms with van der Waals surface area (Å²) in [5, 5.41) is 9.58. The monoisotopic (exact) mass is 307 g/mol. The number of hydrogen-bond donors (Lipinski definition) is 1. The zero-order valence-electron chi connectivity index (χ0n) is 13.2. The summed E-state index contributed by atoms with van der Waals surface area (Å²) in [4.78, 5) is 2.39. The van der Waals surface area contributed by atoms with Gasteiger partial charge in [-0.3, -0.25) is 4.90 Å². The molecule has 1 N–H and O–H groups in total. The fourth-order valence-electron chi connectivity index (χ4n) is 3.25. The lowest BCUT2D eigenvalue weighted by atomic mass is 9.85. The van der Waals surface area contributed by atoms with Gasteiger partial charge in [-0.1, -0.05) is 12.1 Å². The van der Waals surface area contributed by atoms with Crippen LogP contribution in [0.1, 0.15) is 12.8 Å². The van der Waals surface area contributed by atoms with Crippen LogP contribution in [0.15, 0.2) is 24.3 Å². The van der Waals surface area contributed by atoms with Crippen molar-refractivity contribution in [3.05, 3.63) is 24.3 Å². The molecule has 2 heterocycles. The summed E-state index contributed by atoms with van der Waals surface area (Å²) in [5.74, 6) is 1.58. The molecule has 5 heteroatoms. The topological polar surface area (TPSA) is 51.2 Å². The molecule has 0 aliphatic carbocycles. The van der Waals surface area contributed by atoms with Crippen molar-refractivity contribution in [2.75, 3.05) is 46.6 Å². The van der Waals surface area contributed by atoms with E-state index in [2.05, 4.69) is 4.90 Å². The summed E-state index contributed by atoms with van der Waals surface area (Å²) in [6.45, 7) is 4.36. The Morgan fingerprint density at radius 3 is 2.73 bits per heavy atom. The molecule has 2 aliphatic rings. The maximum Gasteiger partial charge on any atom is 0.161 e. The number of likely N-dealkylation sites (tertiary alicyclic amines) is 1. The number of benzene rings is 1. The molecule has 2 fully saturated rings. The SMILES string of the molecule is COc1ccccc1OC1CCCN(CC2(CO)COC2)C1. The van der Waals surface area contributed by atoms with Gasteiger partial charge in [0.15, 0.2) is 11.5 Å². The minimum atomic E-state index is -0.0632. The van der Waals surface area contributed by atoms with Crippen molar-refractivity contribution < 1.29 is 19.3 Å². The molecule has 0 aromatic heterocycles. The van der Waals surface area contributed by atoms with Gasteiger partial charge in [0.05, 0.1) is 32.3 Å². The number of nitrogens with zero attached hydrogens (tertiary/aromatic N) is 1. The van der Waals surface area contributed by atoms with Crippen LogP contribution in [0.4, 0.5) is 0 Å². The molecule has 2 aliphatic heterocycles. The van der Waals surface area contributed by atoms with Crippen molar-refractivity contribution >= 4 is 0 Å². The maximum atomic E-state index is 9.58. The van der Waals surface area contributed by atoms with Crippen molar-refractivity contribution in [3.63, 3.8) is 0 Å². The van der Waals surface area contributed by atoms with Crippen LogP contribution in [0.5, 0.6) is 11.5 Å². The average Bonchev–Trinajstić information content (AvgIpc) is 2.52. The average molecular weight is 307 g/mol. The van der Waals surface area contributed by atoms with Gasteiger partial charge >= 0.3 is 0 Å². The highest BCUT2D eigenvalue weighted by Crippen LogP contribution is 2.31. The molecule has 1 unspecified atom stereocenters. The van der Waals surface area contributed by atoms with Crippen LogP contribution in [0, 0.1) is 5.41 Å². The molecular formula is C17H25NO4. The van der Waals surface area contributed by atoms with E-state index < -0.39 is 0 Å². The van der Waals surface area contributed by atoms with E-state index in [1.165, 1.54) is 0 Å². The predicted molar refractivity (Wildman–Crippen MR) is 83.4 cm³/mol. The van der Waals surface area contributed by atoms with Gasteiger partial charge in [-0.2, -0.15) is 0 Å². The van der Waals surface area contributed by atoms with E-state index in [1.54, 1.807) is 7.11 Å². The lowest BCUT2D eigenvalue weighted by Gasteiger charge is -2.45. The fourth-order valence-corrected chi connectivity index (χ4v) is 3.25. The Hall–Kier alpha value is -1.30. The predicted octanol–water partition coefficient (Wildman–Crippen LogP) is 1.55. The Kier molecular flexibility index (Phi) is 4.86. The van der Waals surface area contributed by atoms with Crippen LogP contribution in [0.3, 0.4) is 0 Å². The molecule has 1 aromatic rings. The number of aliphatic hydroxyl groups excluding tert-OH is 1. The van der Waals surface area contributed by atoms with Gasteiger partial charge in [0.25, 0.3) is 0 Å². The standard InChI is InChI=1S/C17H25NO4/c1-20-15-6-2-3-7-16(15)22-14-5-4-8-18(9-14)10-17(11-19)12-21-13-17/h2-3,6-7,14,19H,4-5,8-13H2,1H3. The third-order valence-corrected chi connectivity index (χ3v) is 4.54. The lowest BCUT2D eigenvalue weighted by molar-refractivity contribution is -0.151. The molecule has 1 aromatic carbocycles. The van der Waals surface area contributed by atoms with Gasteiger partial charge in [0, 0.05) is 13.1 Å². The van der Waals surface area contributed by atoms with Crippen LogP contribution in [-0.2, 0) is 4.74 Å². The first-order valence-corrected chi connectivity index (χ1v) is 7.95. The molecular weight excluding hydrogens is 282 g/mol. The summed E-state index contributed by atoms with van der Waals surface area (Å²) in [7, 11) is 1.66. The quantitative estimate of drug-likeness (QED) is 0.864. The van der Waals surface area contributed by atoms with E-state index in [-0.39, 0.29) is 18.1 Å². The normalized spacial score (nSPS) is 24.5. The zero-order valence-corrected chi connectivity index (χ0v) is 13.2. The van der Waals surface area contributed by atoms with Crippen LogP contribution in [-0.4, -0.2) is 62.7 Å². The van der Waals surface area contributed by atoms with E-state index in [0.717, 1.165) is 44.0 Å². The van der Waals surface area contributed by atoms with Gasteiger partial charge < -0.3 is 19.3 Å². The summed E-state index contributed by atoms with van der Waals surface area (Å²) < 4.78 is 16.8. The third-order valence-electron chi connectivity index (χ3n) is 4.54. The molecule has 2 saturated heterocycles. The first kappa shape index (κ1) is 15.6. The molecule has 0 bridgehead atoms. The number of aliphatic hydroxyl groups is 1. The number of hydrogen-bond acceptors (Lipinski definition) is 5. The maximum absolute atomic E-state index is 9.58. The van der Waals surface area contributed by atoms with Crippen molar-refractivity contribution in [2.24, 2.45) is 5.41 Å². The summed E-state index contributed by atoms with van der Waals surface area (Å²) in [6, 6.07) is 7.78.